The minimum absolute atomic E-state index is 0.151. The van der Waals surface area contributed by atoms with Crippen LogP contribution in [-0.2, 0) is 20.0 Å². The van der Waals surface area contributed by atoms with E-state index in [1.54, 1.807) is 4.68 Å². The van der Waals surface area contributed by atoms with E-state index in [0.717, 1.165) is 22.6 Å². The van der Waals surface area contributed by atoms with Gasteiger partial charge in [0.05, 0.1) is 11.3 Å². The van der Waals surface area contributed by atoms with Gasteiger partial charge in [-0.1, -0.05) is 12.1 Å². The Morgan fingerprint density at radius 2 is 2.00 bits per heavy atom. The fourth-order valence-corrected chi connectivity index (χ4v) is 2.01. The monoisotopic (exact) mass is 261 g/mol. The Morgan fingerprint density at radius 1 is 1.32 bits per heavy atom. The van der Waals surface area contributed by atoms with Crippen molar-refractivity contribution < 1.29 is 9.84 Å². The van der Waals surface area contributed by atoms with Crippen molar-refractivity contribution in [2.24, 2.45) is 12.8 Å². The van der Waals surface area contributed by atoms with Crippen molar-refractivity contribution >= 4 is 0 Å². The molecule has 0 saturated heterocycles. The Balaban J connectivity index is 2.21. The molecule has 0 aliphatic carbocycles. The van der Waals surface area contributed by atoms with E-state index < -0.39 is 0 Å². The molecule has 0 saturated carbocycles. The maximum absolute atomic E-state index is 8.87. The zero-order valence-corrected chi connectivity index (χ0v) is 11.3. The fraction of sp³-hybridized carbons (Fsp3) is 0.357. The van der Waals surface area contributed by atoms with Crippen molar-refractivity contribution in [3.05, 3.63) is 41.1 Å². The highest BCUT2D eigenvalue weighted by molar-refractivity contribution is 5.36. The molecule has 0 aliphatic rings. The Bertz CT molecular complexity index is 547. The summed E-state index contributed by atoms with van der Waals surface area (Å²) in [4.78, 5) is 0. The number of rotatable bonds is 5. The lowest BCUT2D eigenvalue weighted by Crippen LogP contribution is -2.01. The van der Waals surface area contributed by atoms with E-state index in [9.17, 15) is 0 Å². The fourth-order valence-electron chi connectivity index (χ4n) is 2.01. The van der Waals surface area contributed by atoms with Crippen LogP contribution in [0.2, 0.25) is 0 Å². The summed E-state index contributed by atoms with van der Waals surface area (Å²) in [6.07, 6.45) is 0.652. The summed E-state index contributed by atoms with van der Waals surface area (Å²) in [5.74, 6) is 1.41. The summed E-state index contributed by atoms with van der Waals surface area (Å²) in [5.41, 5.74) is 8.60. The highest BCUT2D eigenvalue weighted by Crippen LogP contribution is 2.27. The molecule has 3 N–H and O–H groups in total. The highest BCUT2D eigenvalue weighted by atomic mass is 16.5. The number of aliphatic hydroxyl groups excluding tert-OH is 1. The number of hydrogen-bond donors (Lipinski definition) is 2. The molecule has 5 nitrogen and oxygen atoms in total. The molecule has 0 amide bonds. The number of nitrogens with zero attached hydrogens (tertiary/aromatic N) is 2. The lowest BCUT2D eigenvalue weighted by atomic mass is 10.1. The highest BCUT2D eigenvalue weighted by Gasteiger charge is 2.13. The predicted octanol–water partition coefficient (Wildman–Crippen LogP) is 1.51. The van der Waals surface area contributed by atoms with Crippen LogP contribution in [0.15, 0.2) is 24.3 Å². The maximum atomic E-state index is 8.87. The minimum atomic E-state index is 0.151. The molecule has 0 bridgehead atoms. The molecular formula is C14H19N3O2. The van der Waals surface area contributed by atoms with Gasteiger partial charge in [-0.25, -0.2) is 4.68 Å². The Morgan fingerprint density at radius 3 is 2.58 bits per heavy atom. The summed E-state index contributed by atoms with van der Waals surface area (Å²) < 4.78 is 7.54. The third-order valence-corrected chi connectivity index (χ3v) is 3.03. The van der Waals surface area contributed by atoms with Crippen molar-refractivity contribution in [3.63, 3.8) is 0 Å². The van der Waals surface area contributed by atoms with Crippen molar-refractivity contribution in [2.45, 2.75) is 19.9 Å². The number of nitrogens with two attached hydrogens (primary N) is 1. The lowest BCUT2D eigenvalue weighted by molar-refractivity contribution is 0.299. The van der Waals surface area contributed by atoms with E-state index in [0.29, 0.717) is 18.8 Å². The molecule has 5 heteroatoms. The van der Waals surface area contributed by atoms with Gasteiger partial charge < -0.3 is 15.6 Å². The average Bonchev–Trinajstić information content (AvgIpc) is 2.66. The van der Waals surface area contributed by atoms with Crippen LogP contribution in [0, 0.1) is 6.92 Å². The van der Waals surface area contributed by atoms with E-state index in [4.69, 9.17) is 15.6 Å². The molecule has 2 rings (SSSR count). The van der Waals surface area contributed by atoms with Crippen LogP contribution in [0.25, 0.3) is 0 Å². The standard InChI is InChI=1S/C14H19N3O2/c1-10-13(9-15)14(17(2)16-10)19-12-5-3-11(4-6-12)7-8-18/h3-6,18H,7-9,15H2,1-2H3. The molecule has 2 aromatic rings. The predicted molar refractivity (Wildman–Crippen MR) is 73.1 cm³/mol. The third-order valence-electron chi connectivity index (χ3n) is 3.03. The molecule has 0 radical (unpaired) electrons. The van der Waals surface area contributed by atoms with Crippen LogP contribution < -0.4 is 10.5 Å². The van der Waals surface area contributed by atoms with Gasteiger partial charge in [-0.3, -0.25) is 0 Å². The summed E-state index contributed by atoms with van der Waals surface area (Å²) in [6.45, 7) is 2.47. The topological polar surface area (TPSA) is 73.3 Å². The van der Waals surface area contributed by atoms with Crippen molar-refractivity contribution in [2.75, 3.05) is 6.61 Å². The Kier molecular flexibility index (Phi) is 4.19. The molecule has 1 aromatic heterocycles. The van der Waals surface area contributed by atoms with Gasteiger partial charge in [0.1, 0.15) is 5.75 Å². The normalized spacial score (nSPS) is 10.7. The van der Waals surface area contributed by atoms with E-state index in [1.807, 2.05) is 38.2 Å². The van der Waals surface area contributed by atoms with Gasteiger partial charge >= 0.3 is 0 Å². The number of aliphatic hydroxyl groups is 1. The molecule has 0 spiro atoms. The molecule has 1 aromatic carbocycles. The number of aromatic nitrogens is 2. The van der Waals surface area contributed by atoms with Gasteiger partial charge in [-0.15, -0.1) is 0 Å². The smallest absolute Gasteiger partial charge is 0.222 e. The molecule has 0 fully saturated rings. The van der Waals surface area contributed by atoms with Gasteiger partial charge in [0.2, 0.25) is 5.88 Å². The van der Waals surface area contributed by atoms with Crippen LogP contribution in [0.4, 0.5) is 0 Å². The largest absolute Gasteiger partial charge is 0.439 e. The van der Waals surface area contributed by atoms with Crippen LogP contribution in [-0.4, -0.2) is 21.5 Å². The quantitative estimate of drug-likeness (QED) is 0.855. The zero-order chi connectivity index (χ0) is 13.8. The van der Waals surface area contributed by atoms with E-state index in [1.165, 1.54) is 0 Å². The lowest BCUT2D eigenvalue weighted by Gasteiger charge is -2.08. The molecule has 0 unspecified atom stereocenters. The Hall–Kier alpha value is -1.85. The third kappa shape index (κ3) is 2.94. The van der Waals surface area contributed by atoms with Crippen molar-refractivity contribution in [1.82, 2.24) is 9.78 Å². The SMILES string of the molecule is Cc1nn(C)c(Oc2ccc(CCO)cc2)c1CN. The minimum Gasteiger partial charge on any atom is -0.439 e. The van der Waals surface area contributed by atoms with E-state index >= 15 is 0 Å². The molecule has 1 heterocycles. The second kappa shape index (κ2) is 5.86. The first kappa shape index (κ1) is 13.6. The Labute approximate surface area is 112 Å². The summed E-state index contributed by atoms with van der Waals surface area (Å²) in [5, 5.41) is 13.2. The number of hydrogen-bond acceptors (Lipinski definition) is 4. The van der Waals surface area contributed by atoms with Crippen LogP contribution >= 0.6 is 0 Å². The van der Waals surface area contributed by atoms with Crippen LogP contribution in [0.5, 0.6) is 11.6 Å². The summed E-state index contributed by atoms with van der Waals surface area (Å²) in [6, 6.07) is 7.65. The molecule has 0 aliphatic heterocycles. The molecule has 19 heavy (non-hydrogen) atoms. The number of ether oxygens (including phenoxy) is 1. The van der Waals surface area contributed by atoms with Crippen LogP contribution in [0.1, 0.15) is 16.8 Å². The first-order valence-corrected chi connectivity index (χ1v) is 6.26. The van der Waals surface area contributed by atoms with Gasteiger partial charge in [-0.2, -0.15) is 5.10 Å². The zero-order valence-electron chi connectivity index (χ0n) is 11.3. The molecular weight excluding hydrogens is 242 g/mol. The first-order valence-electron chi connectivity index (χ1n) is 6.26. The number of benzene rings is 1. The van der Waals surface area contributed by atoms with Crippen molar-refractivity contribution in [1.29, 1.82) is 0 Å². The second-order valence-electron chi connectivity index (χ2n) is 4.42. The van der Waals surface area contributed by atoms with Crippen molar-refractivity contribution in [3.8, 4) is 11.6 Å². The van der Waals surface area contributed by atoms with E-state index in [-0.39, 0.29) is 6.61 Å². The van der Waals surface area contributed by atoms with Gasteiger partial charge in [0.25, 0.3) is 0 Å². The number of aryl methyl sites for hydroxylation is 2. The van der Waals surface area contributed by atoms with Gasteiger partial charge in [-0.05, 0) is 31.0 Å². The molecule has 0 atom stereocenters. The second-order valence-corrected chi connectivity index (χ2v) is 4.42. The van der Waals surface area contributed by atoms with Gasteiger partial charge in [0.15, 0.2) is 0 Å². The van der Waals surface area contributed by atoms with Crippen LogP contribution in [0.3, 0.4) is 0 Å². The van der Waals surface area contributed by atoms with Gasteiger partial charge in [0, 0.05) is 20.2 Å². The maximum Gasteiger partial charge on any atom is 0.222 e. The first-order chi connectivity index (χ1) is 9.15. The average molecular weight is 261 g/mol. The summed E-state index contributed by atoms with van der Waals surface area (Å²) >= 11 is 0. The summed E-state index contributed by atoms with van der Waals surface area (Å²) in [7, 11) is 1.83. The molecule has 102 valence electrons. The van der Waals surface area contributed by atoms with E-state index in [2.05, 4.69) is 5.10 Å².